The molecule has 0 saturated carbocycles. The van der Waals surface area contributed by atoms with Gasteiger partial charge in [0.2, 0.25) is 17.8 Å². The summed E-state index contributed by atoms with van der Waals surface area (Å²) >= 11 is 0. The van der Waals surface area contributed by atoms with E-state index >= 15 is 0 Å². The fraction of sp³-hybridized carbons (Fsp3) is 0.308. The third-order valence-electron chi connectivity index (χ3n) is 5.29. The molecule has 3 aromatic rings. The van der Waals surface area contributed by atoms with Crippen LogP contribution in [0.1, 0.15) is 31.7 Å². The Hall–Kier alpha value is -4.14. The minimum Gasteiger partial charge on any atom is -0.490 e. The van der Waals surface area contributed by atoms with Crippen molar-refractivity contribution in [2.24, 2.45) is 5.10 Å². The number of para-hydroxylation sites is 1. The number of hydrogen-bond acceptors (Lipinski definition) is 9. The standard InChI is InChI=1S/C26H31N7O2/c1-3-17-35-22-14-13-20(18-23(22)34-4-2)19-27-32-25-29-24(28-21-11-7-5-8-12-21)30-26(31-25)33-15-9-6-10-16-33/h3,5,7-8,11-14,18-19H,1,4,6,9-10,15-17H2,2H3,(H2,28,29,30,31,32)/b27-19-. The average molecular weight is 474 g/mol. The first-order valence-corrected chi connectivity index (χ1v) is 11.9. The van der Waals surface area contributed by atoms with Gasteiger partial charge in [-0.25, -0.2) is 5.43 Å². The van der Waals surface area contributed by atoms with Crippen molar-refractivity contribution < 1.29 is 9.47 Å². The molecule has 0 radical (unpaired) electrons. The van der Waals surface area contributed by atoms with Gasteiger partial charge in [-0.3, -0.25) is 0 Å². The van der Waals surface area contributed by atoms with E-state index in [1.165, 1.54) is 6.42 Å². The highest BCUT2D eigenvalue weighted by molar-refractivity contribution is 5.81. The molecule has 9 heteroatoms. The molecule has 2 N–H and O–H groups in total. The molecule has 0 atom stereocenters. The molecule has 1 aromatic heterocycles. The normalized spacial score (nSPS) is 13.5. The Balaban J connectivity index is 1.52. The second kappa shape index (κ2) is 12.4. The van der Waals surface area contributed by atoms with E-state index in [4.69, 9.17) is 9.47 Å². The number of nitrogens with one attached hydrogen (secondary N) is 2. The summed E-state index contributed by atoms with van der Waals surface area (Å²) < 4.78 is 11.4. The van der Waals surface area contributed by atoms with E-state index in [0.717, 1.165) is 37.2 Å². The molecular formula is C26H31N7O2. The quantitative estimate of drug-likeness (QED) is 0.228. The average Bonchev–Trinajstić information content (AvgIpc) is 2.89. The molecule has 35 heavy (non-hydrogen) atoms. The summed E-state index contributed by atoms with van der Waals surface area (Å²) in [6, 6.07) is 15.5. The van der Waals surface area contributed by atoms with Gasteiger partial charge in [0, 0.05) is 18.8 Å². The second-order valence-electron chi connectivity index (χ2n) is 7.93. The highest BCUT2D eigenvalue weighted by Gasteiger charge is 2.16. The van der Waals surface area contributed by atoms with Crippen LogP contribution >= 0.6 is 0 Å². The lowest BCUT2D eigenvalue weighted by molar-refractivity contribution is 0.297. The number of rotatable bonds is 11. The lowest BCUT2D eigenvalue weighted by atomic mass is 10.1. The predicted octanol–water partition coefficient (Wildman–Crippen LogP) is 5.02. The molecule has 9 nitrogen and oxygen atoms in total. The number of hydrazone groups is 1. The monoisotopic (exact) mass is 473 g/mol. The van der Waals surface area contributed by atoms with Gasteiger partial charge in [-0.05, 0) is 62.1 Å². The second-order valence-corrected chi connectivity index (χ2v) is 7.93. The molecule has 1 fully saturated rings. The Kier molecular flexibility index (Phi) is 8.47. The zero-order chi connectivity index (χ0) is 24.3. The van der Waals surface area contributed by atoms with Crippen molar-refractivity contribution in [1.29, 1.82) is 0 Å². The van der Waals surface area contributed by atoms with Crippen LogP contribution in [0.3, 0.4) is 0 Å². The highest BCUT2D eigenvalue weighted by Crippen LogP contribution is 2.28. The van der Waals surface area contributed by atoms with Gasteiger partial charge < -0.3 is 19.7 Å². The Bertz CT molecular complexity index is 1130. The van der Waals surface area contributed by atoms with E-state index in [1.807, 2.05) is 55.5 Å². The van der Waals surface area contributed by atoms with E-state index in [-0.39, 0.29) is 0 Å². The van der Waals surface area contributed by atoms with Gasteiger partial charge in [0.1, 0.15) is 6.61 Å². The SMILES string of the molecule is C=CCOc1ccc(/C=N\Nc2nc(Nc3ccccc3)nc(N3CCCCC3)n2)cc1OCC. The topological polar surface area (TPSA) is 96.8 Å². The molecule has 1 saturated heterocycles. The Morgan fingerprint density at radius 1 is 0.971 bits per heavy atom. The van der Waals surface area contributed by atoms with E-state index in [1.54, 1.807) is 12.3 Å². The molecule has 4 rings (SSSR count). The Morgan fingerprint density at radius 3 is 2.54 bits per heavy atom. The number of anilines is 4. The van der Waals surface area contributed by atoms with Crippen LogP contribution in [0.4, 0.5) is 23.5 Å². The molecule has 182 valence electrons. The number of ether oxygens (including phenoxy) is 2. The summed E-state index contributed by atoms with van der Waals surface area (Å²) in [5, 5.41) is 7.61. The first kappa shape index (κ1) is 24.0. The largest absolute Gasteiger partial charge is 0.490 e. The maximum atomic E-state index is 5.71. The summed E-state index contributed by atoms with van der Waals surface area (Å²) in [6.07, 6.45) is 6.87. The van der Waals surface area contributed by atoms with Gasteiger partial charge in [-0.15, -0.1) is 0 Å². The number of aromatic nitrogens is 3. The summed E-state index contributed by atoms with van der Waals surface area (Å²) in [5.41, 5.74) is 4.70. The number of piperidine rings is 1. The third kappa shape index (κ3) is 6.92. The van der Waals surface area contributed by atoms with Crippen molar-refractivity contribution in [3.05, 3.63) is 66.7 Å². The number of hydrogen-bond donors (Lipinski definition) is 2. The molecule has 1 aliphatic rings. The van der Waals surface area contributed by atoms with Gasteiger partial charge in [-0.2, -0.15) is 20.1 Å². The molecule has 1 aliphatic heterocycles. The maximum Gasteiger partial charge on any atom is 0.250 e. The summed E-state index contributed by atoms with van der Waals surface area (Å²) in [4.78, 5) is 16.0. The van der Waals surface area contributed by atoms with Crippen molar-refractivity contribution in [1.82, 2.24) is 15.0 Å². The first-order chi connectivity index (χ1) is 17.2. The zero-order valence-electron chi connectivity index (χ0n) is 20.0. The molecule has 0 spiro atoms. The van der Waals surface area contributed by atoms with Gasteiger partial charge in [0.15, 0.2) is 11.5 Å². The summed E-state index contributed by atoms with van der Waals surface area (Å²) in [6.45, 7) is 8.42. The van der Waals surface area contributed by atoms with Crippen LogP contribution in [0.25, 0.3) is 0 Å². The molecule has 0 bridgehead atoms. The molecule has 2 heterocycles. The fourth-order valence-electron chi connectivity index (χ4n) is 3.66. The van der Waals surface area contributed by atoms with Crippen LogP contribution in [0.5, 0.6) is 11.5 Å². The molecule has 0 aliphatic carbocycles. The van der Waals surface area contributed by atoms with Crippen molar-refractivity contribution in [2.75, 3.05) is 41.9 Å². The Labute approximate surface area is 205 Å². The van der Waals surface area contributed by atoms with Crippen LogP contribution in [0, 0.1) is 0 Å². The Morgan fingerprint density at radius 2 is 1.77 bits per heavy atom. The van der Waals surface area contributed by atoms with Gasteiger partial charge in [0.25, 0.3) is 0 Å². The first-order valence-electron chi connectivity index (χ1n) is 11.9. The molecular weight excluding hydrogens is 442 g/mol. The fourth-order valence-corrected chi connectivity index (χ4v) is 3.66. The smallest absolute Gasteiger partial charge is 0.250 e. The summed E-state index contributed by atoms with van der Waals surface area (Å²) in [7, 11) is 0. The van der Waals surface area contributed by atoms with Crippen molar-refractivity contribution in [3.63, 3.8) is 0 Å². The highest BCUT2D eigenvalue weighted by atomic mass is 16.5. The van der Waals surface area contributed by atoms with E-state index in [0.29, 0.717) is 42.6 Å². The van der Waals surface area contributed by atoms with E-state index in [2.05, 4.69) is 42.3 Å². The third-order valence-corrected chi connectivity index (χ3v) is 5.29. The minimum absolute atomic E-state index is 0.367. The number of benzene rings is 2. The van der Waals surface area contributed by atoms with Crippen LogP contribution in [-0.4, -0.2) is 47.5 Å². The van der Waals surface area contributed by atoms with E-state index in [9.17, 15) is 0 Å². The number of nitrogens with zero attached hydrogens (tertiary/aromatic N) is 5. The minimum atomic E-state index is 0.367. The molecule has 2 aromatic carbocycles. The van der Waals surface area contributed by atoms with Crippen molar-refractivity contribution in [2.45, 2.75) is 26.2 Å². The van der Waals surface area contributed by atoms with Crippen LogP contribution in [-0.2, 0) is 0 Å². The van der Waals surface area contributed by atoms with Crippen LogP contribution in [0.2, 0.25) is 0 Å². The van der Waals surface area contributed by atoms with Gasteiger partial charge >= 0.3 is 0 Å². The van der Waals surface area contributed by atoms with Gasteiger partial charge in [0.05, 0.1) is 12.8 Å². The zero-order valence-corrected chi connectivity index (χ0v) is 20.0. The van der Waals surface area contributed by atoms with Crippen LogP contribution in [0.15, 0.2) is 66.3 Å². The lowest BCUT2D eigenvalue weighted by Crippen LogP contribution is -2.31. The maximum absolute atomic E-state index is 5.71. The predicted molar refractivity (Wildman–Crippen MR) is 140 cm³/mol. The summed E-state index contributed by atoms with van der Waals surface area (Å²) in [5.74, 6) is 2.79. The van der Waals surface area contributed by atoms with Crippen molar-refractivity contribution >= 4 is 29.7 Å². The van der Waals surface area contributed by atoms with Crippen LogP contribution < -0.4 is 25.1 Å². The van der Waals surface area contributed by atoms with E-state index < -0.39 is 0 Å². The molecule has 0 amide bonds. The van der Waals surface area contributed by atoms with Gasteiger partial charge in [-0.1, -0.05) is 30.9 Å². The van der Waals surface area contributed by atoms with Crippen molar-refractivity contribution in [3.8, 4) is 11.5 Å². The lowest BCUT2D eigenvalue weighted by Gasteiger charge is -2.26. The molecule has 0 unspecified atom stereocenters.